The molecule has 0 saturated heterocycles. The SMILES string of the molecule is O=C=NCCC(F)(N=C=O)C(F)(CCN=C=O)N=C=O. The molecule has 0 radical (unpaired) electrons. The van der Waals surface area contributed by atoms with Gasteiger partial charge in [0.1, 0.15) is 0 Å². The molecule has 0 aliphatic heterocycles. The highest BCUT2D eigenvalue weighted by Gasteiger charge is 2.54. The predicted octanol–water partition coefficient (Wildman–Crippen LogP) is 0.441. The Balaban J connectivity index is 5.49. The van der Waals surface area contributed by atoms with E-state index in [9.17, 15) is 28.0 Å². The monoisotopic (exact) mass is 286 g/mol. The number of nitrogens with zero attached hydrogens (tertiary/aromatic N) is 4. The lowest BCUT2D eigenvalue weighted by molar-refractivity contribution is -0.0373. The summed E-state index contributed by atoms with van der Waals surface area (Å²) in [5.41, 5.74) is 0. The normalized spacial score (nSPS) is 15.1. The Hall–Kier alpha value is -2.62. The third-order valence-electron chi connectivity index (χ3n) is 2.27. The first-order valence-corrected chi connectivity index (χ1v) is 5.13. The van der Waals surface area contributed by atoms with Crippen LogP contribution < -0.4 is 0 Å². The van der Waals surface area contributed by atoms with Crippen molar-refractivity contribution in [3.05, 3.63) is 0 Å². The van der Waals surface area contributed by atoms with Gasteiger partial charge in [-0.05, 0) is 0 Å². The maximum absolute atomic E-state index is 14.4. The standard InChI is InChI=1S/C10H8F2N4O4/c11-9(15-7-19,1-3-13-5-17)10(12,16-8-20)2-4-14-6-18/h1-4H2. The maximum atomic E-state index is 14.4. The molecule has 106 valence electrons. The summed E-state index contributed by atoms with van der Waals surface area (Å²) in [7, 11) is 0. The highest BCUT2D eigenvalue weighted by Crippen LogP contribution is 2.39. The number of rotatable bonds is 9. The third kappa shape index (κ3) is 4.57. The van der Waals surface area contributed by atoms with Gasteiger partial charge in [-0.2, -0.15) is 9.98 Å². The van der Waals surface area contributed by atoms with Crippen LogP contribution in [-0.4, -0.2) is 49.0 Å². The van der Waals surface area contributed by atoms with Crippen LogP contribution in [0.4, 0.5) is 8.78 Å². The highest BCUT2D eigenvalue weighted by atomic mass is 19.2. The first-order valence-electron chi connectivity index (χ1n) is 5.13. The van der Waals surface area contributed by atoms with E-state index in [-0.39, 0.29) is 0 Å². The van der Waals surface area contributed by atoms with Gasteiger partial charge in [0.15, 0.2) is 0 Å². The summed E-state index contributed by atoms with van der Waals surface area (Å²) in [4.78, 5) is 51.4. The van der Waals surface area contributed by atoms with E-state index < -0.39 is 37.5 Å². The molecule has 0 amide bonds. The molecule has 20 heavy (non-hydrogen) atoms. The van der Waals surface area contributed by atoms with Crippen molar-refractivity contribution >= 4 is 24.3 Å². The van der Waals surface area contributed by atoms with Gasteiger partial charge in [0.25, 0.3) is 11.6 Å². The summed E-state index contributed by atoms with van der Waals surface area (Å²) in [5, 5.41) is 0. The Morgan fingerprint density at radius 1 is 0.700 bits per heavy atom. The van der Waals surface area contributed by atoms with E-state index in [1.54, 1.807) is 0 Å². The van der Waals surface area contributed by atoms with Crippen molar-refractivity contribution in [2.45, 2.75) is 24.4 Å². The fourth-order valence-corrected chi connectivity index (χ4v) is 1.31. The molecule has 0 heterocycles. The molecule has 0 aromatic rings. The van der Waals surface area contributed by atoms with Gasteiger partial charge in [0, 0.05) is 12.8 Å². The summed E-state index contributed by atoms with van der Waals surface area (Å²) in [6, 6.07) is 0. The van der Waals surface area contributed by atoms with E-state index in [1.165, 1.54) is 0 Å². The average molecular weight is 286 g/mol. The minimum Gasteiger partial charge on any atom is -0.211 e. The van der Waals surface area contributed by atoms with Crippen LogP contribution in [0, 0.1) is 0 Å². The number of isocyanates is 4. The van der Waals surface area contributed by atoms with Crippen LogP contribution in [-0.2, 0) is 19.2 Å². The second-order valence-corrected chi connectivity index (χ2v) is 3.37. The Morgan fingerprint density at radius 3 is 1.30 bits per heavy atom. The lowest BCUT2D eigenvalue weighted by atomic mass is 9.96. The van der Waals surface area contributed by atoms with E-state index >= 15 is 0 Å². The fourth-order valence-electron chi connectivity index (χ4n) is 1.31. The van der Waals surface area contributed by atoms with Crippen LogP contribution in [0.1, 0.15) is 12.8 Å². The molecule has 0 rings (SSSR count). The number of hydrogen-bond donors (Lipinski definition) is 0. The summed E-state index contributed by atoms with van der Waals surface area (Å²) in [6.07, 6.45) is 2.05. The van der Waals surface area contributed by atoms with Crippen molar-refractivity contribution in [1.82, 2.24) is 0 Å². The first kappa shape index (κ1) is 17.4. The van der Waals surface area contributed by atoms with E-state index in [4.69, 9.17) is 0 Å². The zero-order valence-electron chi connectivity index (χ0n) is 10.0. The number of aliphatic imine (C=N–C) groups is 4. The Kier molecular flexibility index (Phi) is 7.37. The lowest BCUT2D eigenvalue weighted by Gasteiger charge is -2.30. The quantitative estimate of drug-likeness (QED) is 0.347. The molecule has 0 bridgehead atoms. The molecule has 0 N–H and O–H groups in total. The van der Waals surface area contributed by atoms with Crippen LogP contribution >= 0.6 is 0 Å². The van der Waals surface area contributed by atoms with E-state index in [1.807, 2.05) is 0 Å². The molecule has 2 atom stereocenters. The van der Waals surface area contributed by atoms with Gasteiger partial charge in [-0.15, -0.1) is 0 Å². The van der Waals surface area contributed by atoms with Gasteiger partial charge in [-0.3, -0.25) is 0 Å². The van der Waals surface area contributed by atoms with Crippen LogP contribution in [0.3, 0.4) is 0 Å². The van der Waals surface area contributed by atoms with Gasteiger partial charge in [-0.1, -0.05) is 0 Å². The molecule has 0 aromatic carbocycles. The minimum atomic E-state index is -3.30. The molecule has 0 aromatic heterocycles. The van der Waals surface area contributed by atoms with Crippen molar-refractivity contribution in [3.63, 3.8) is 0 Å². The summed E-state index contributed by atoms with van der Waals surface area (Å²) in [5.74, 6) is -6.60. The molecular weight excluding hydrogens is 278 g/mol. The average Bonchev–Trinajstić information content (AvgIpc) is 2.40. The van der Waals surface area contributed by atoms with Gasteiger partial charge in [0.05, 0.1) is 13.1 Å². The van der Waals surface area contributed by atoms with Crippen molar-refractivity contribution in [2.75, 3.05) is 13.1 Å². The maximum Gasteiger partial charge on any atom is 0.267 e. The predicted molar refractivity (Wildman–Crippen MR) is 59.1 cm³/mol. The zero-order valence-corrected chi connectivity index (χ0v) is 10.0. The lowest BCUT2D eigenvalue weighted by Crippen LogP contribution is -2.46. The topological polar surface area (TPSA) is 118 Å². The van der Waals surface area contributed by atoms with E-state index in [0.29, 0.717) is 0 Å². The largest absolute Gasteiger partial charge is 0.267 e. The second-order valence-electron chi connectivity index (χ2n) is 3.37. The molecule has 0 aliphatic carbocycles. The Labute approximate surface area is 111 Å². The minimum absolute atomic E-state index is 0.553. The number of alkyl halides is 2. The van der Waals surface area contributed by atoms with E-state index in [0.717, 1.165) is 24.3 Å². The fraction of sp³-hybridized carbons (Fsp3) is 0.600. The van der Waals surface area contributed by atoms with E-state index in [2.05, 4.69) is 20.0 Å². The number of halogens is 2. The van der Waals surface area contributed by atoms with Gasteiger partial charge in [-0.25, -0.2) is 37.9 Å². The molecule has 0 saturated carbocycles. The molecule has 0 aliphatic rings. The Morgan fingerprint density at radius 2 is 1.05 bits per heavy atom. The number of carbonyl (C=O) groups excluding carboxylic acids is 4. The van der Waals surface area contributed by atoms with Crippen LogP contribution in [0.2, 0.25) is 0 Å². The first-order chi connectivity index (χ1) is 9.49. The van der Waals surface area contributed by atoms with Gasteiger partial charge in [0.2, 0.25) is 24.3 Å². The summed E-state index contributed by atoms with van der Waals surface area (Å²) in [6.45, 7) is -1.11. The van der Waals surface area contributed by atoms with Crippen LogP contribution in [0.15, 0.2) is 20.0 Å². The van der Waals surface area contributed by atoms with Crippen molar-refractivity contribution in [3.8, 4) is 0 Å². The van der Waals surface area contributed by atoms with Crippen molar-refractivity contribution in [2.24, 2.45) is 20.0 Å². The third-order valence-corrected chi connectivity index (χ3v) is 2.27. The molecule has 8 nitrogen and oxygen atoms in total. The summed E-state index contributed by atoms with van der Waals surface area (Å²) >= 11 is 0. The number of hydrogen-bond acceptors (Lipinski definition) is 8. The van der Waals surface area contributed by atoms with Crippen molar-refractivity contribution < 1.29 is 28.0 Å². The van der Waals surface area contributed by atoms with Crippen LogP contribution in [0.25, 0.3) is 0 Å². The highest BCUT2D eigenvalue weighted by molar-refractivity contribution is 5.38. The second kappa shape index (κ2) is 8.48. The molecular formula is C10H8F2N4O4. The Bertz CT molecular complexity index is 483. The molecule has 10 heteroatoms. The van der Waals surface area contributed by atoms with Crippen molar-refractivity contribution in [1.29, 1.82) is 0 Å². The van der Waals surface area contributed by atoms with Gasteiger partial charge < -0.3 is 0 Å². The van der Waals surface area contributed by atoms with Crippen LogP contribution in [0.5, 0.6) is 0 Å². The summed E-state index contributed by atoms with van der Waals surface area (Å²) < 4.78 is 28.7. The molecule has 0 fully saturated rings. The molecule has 2 unspecified atom stereocenters. The van der Waals surface area contributed by atoms with Gasteiger partial charge >= 0.3 is 0 Å². The smallest absolute Gasteiger partial charge is 0.211 e. The molecule has 0 spiro atoms. The zero-order chi connectivity index (χ0) is 15.5.